The molecule has 0 radical (unpaired) electrons. The van der Waals surface area contributed by atoms with E-state index in [-0.39, 0.29) is 17.4 Å². The minimum Gasteiger partial charge on any atom is -0.448 e. The van der Waals surface area contributed by atoms with Crippen LogP contribution < -0.4 is 15.4 Å². The number of nitrogens with zero attached hydrogens (tertiary/aromatic N) is 1. The van der Waals surface area contributed by atoms with Crippen LogP contribution in [0.15, 0.2) is 65.6 Å². The van der Waals surface area contributed by atoms with Crippen LogP contribution in [-0.4, -0.2) is 64.8 Å². The molecule has 3 aromatic rings. The highest BCUT2D eigenvalue weighted by molar-refractivity contribution is 7.93. The molecule has 3 N–H and O–H groups in total. The Morgan fingerprint density at radius 1 is 0.897 bits per heavy atom. The number of sulfonamides is 1. The first kappa shape index (κ1) is 28.3. The van der Waals surface area contributed by atoms with Crippen LogP contribution in [0.25, 0.3) is 10.8 Å². The first-order valence-electron chi connectivity index (χ1n) is 12.7. The minimum absolute atomic E-state index is 0.0643. The van der Waals surface area contributed by atoms with Crippen molar-refractivity contribution in [3.05, 3.63) is 60.7 Å². The van der Waals surface area contributed by atoms with Gasteiger partial charge >= 0.3 is 6.09 Å². The van der Waals surface area contributed by atoms with Gasteiger partial charge in [0.2, 0.25) is 5.91 Å². The summed E-state index contributed by atoms with van der Waals surface area (Å²) < 4.78 is 39.9. The van der Waals surface area contributed by atoms with Gasteiger partial charge in [0.15, 0.2) is 0 Å². The molecule has 0 aromatic heterocycles. The molecule has 10 nitrogen and oxygen atoms in total. The van der Waals surface area contributed by atoms with Gasteiger partial charge in [0.25, 0.3) is 10.0 Å². The topological polar surface area (TPSA) is 126 Å². The summed E-state index contributed by atoms with van der Waals surface area (Å²) in [6.07, 6.45) is -0.610. The lowest BCUT2D eigenvalue weighted by Crippen LogP contribution is -2.38. The van der Waals surface area contributed by atoms with Gasteiger partial charge in [0.1, 0.15) is 6.61 Å². The van der Waals surface area contributed by atoms with E-state index in [2.05, 4.69) is 20.3 Å². The summed E-state index contributed by atoms with van der Waals surface area (Å²) in [4.78, 5) is 26.9. The standard InChI is InChI=1S/C28H34N4O6S/c1-28(2,3)26(33)29-20-10-12-21(13-11-20)31-39(35,36)25-9-5-6-22-23(25)7-4-8-24(22)30-27(34)38-19-16-32-14-17-37-18-15-32/h4-13,31H,14-19H2,1-3H3,(H,29,33)(H,30,34). The number of amides is 2. The number of rotatable bonds is 8. The van der Waals surface area contributed by atoms with E-state index in [1.54, 1.807) is 54.6 Å². The van der Waals surface area contributed by atoms with Gasteiger partial charge in [0.05, 0.1) is 23.8 Å². The van der Waals surface area contributed by atoms with Crippen molar-refractivity contribution in [2.45, 2.75) is 25.7 Å². The van der Waals surface area contributed by atoms with Gasteiger partial charge < -0.3 is 14.8 Å². The third-order valence-corrected chi connectivity index (χ3v) is 7.67. The van der Waals surface area contributed by atoms with Gasteiger partial charge in [-0.3, -0.25) is 19.7 Å². The molecule has 2 amide bonds. The molecule has 1 saturated heterocycles. The number of nitrogens with one attached hydrogen (secondary N) is 3. The molecule has 0 saturated carbocycles. The van der Waals surface area contributed by atoms with Crippen molar-refractivity contribution in [2.75, 3.05) is 54.8 Å². The Kier molecular flexibility index (Phi) is 8.73. The molecule has 1 aliphatic rings. The van der Waals surface area contributed by atoms with Crippen LogP contribution in [-0.2, 0) is 24.3 Å². The smallest absolute Gasteiger partial charge is 0.411 e. The number of ether oxygens (including phenoxy) is 2. The van der Waals surface area contributed by atoms with E-state index in [4.69, 9.17) is 9.47 Å². The van der Waals surface area contributed by atoms with Crippen LogP contribution >= 0.6 is 0 Å². The van der Waals surface area contributed by atoms with E-state index >= 15 is 0 Å². The van der Waals surface area contributed by atoms with E-state index in [1.165, 1.54) is 6.07 Å². The van der Waals surface area contributed by atoms with Crippen LogP contribution in [0.1, 0.15) is 20.8 Å². The highest BCUT2D eigenvalue weighted by Crippen LogP contribution is 2.30. The molecule has 3 aromatic carbocycles. The summed E-state index contributed by atoms with van der Waals surface area (Å²) in [7, 11) is -3.97. The number of benzene rings is 3. The highest BCUT2D eigenvalue weighted by atomic mass is 32.2. The number of carbonyl (C=O) groups is 2. The van der Waals surface area contributed by atoms with E-state index in [0.717, 1.165) is 13.1 Å². The third-order valence-electron chi connectivity index (χ3n) is 6.23. The van der Waals surface area contributed by atoms with Gasteiger partial charge in [-0.15, -0.1) is 0 Å². The lowest BCUT2D eigenvalue weighted by Gasteiger charge is -2.26. The SMILES string of the molecule is CC(C)(C)C(=O)Nc1ccc(NS(=O)(=O)c2cccc3c(NC(=O)OCCN4CCOCC4)cccc23)cc1. The van der Waals surface area contributed by atoms with Crippen LogP contribution in [0.2, 0.25) is 0 Å². The maximum atomic E-state index is 13.3. The van der Waals surface area contributed by atoms with E-state index in [1.807, 2.05) is 20.8 Å². The van der Waals surface area contributed by atoms with Crippen molar-refractivity contribution in [3.63, 3.8) is 0 Å². The lowest BCUT2D eigenvalue weighted by atomic mass is 9.95. The number of hydrogen-bond donors (Lipinski definition) is 3. The van der Waals surface area contributed by atoms with Crippen LogP contribution in [0, 0.1) is 5.41 Å². The zero-order valence-electron chi connectivity index (χ0n) is 22.3. The van der Waals surface area contributed by atoms with Crippen molar-refractivity contribution in [1.29, 1.82) is 0 Å². The first-order chi connectivity index (χ1) is 18.5. The molecular weight excluding hydrogens is 520 g/mol. The predicted octanol–water partition coefficient (Wildman–Crippen LogP) is 4.51. The minimum atomic E-state index is -3.97. The van der Waals surface area contributed by atoms with E-state index in [9.17, 15) is 18.0 Å². The Bertz CT molecular complexity index is 1430. The van der Waals surface area contributed by atoms with Gasteiger partial charge in [-0.05, 0) is 36.4 Å². The Hall–Kier alpha value is -3.67. The van der Waals surface area contributed by atoms with Crippen molar-refractivity contribution in [1.82, 2.24) is 4.90 Å². The second-order valence-corrected chi connectivity index (χ2v) is 11.9. The highest BCUT2D eigenvalue weighted by Gasteiger charge is 2.22. The summed E-state index contributed by atoms with van der Waals surface area (Å²) in [6, 6.07) is 16.4. The fraction of sp³-hybridized carbons (Fsp3) is 0.357. The maximum absolute atomic E-state index is 13.3. The number of hydrogen-bond acceptors (Lipinski definition) is 7. The van der Waals surface area contributed by atoms with Gasteiger partial charge in [-0.2, -0.15) is 0 Å². The molecule has 0 unspecified atom stereocenters. The summed E-state index contributed by atoms with van der Waals surface area (Å²) in [5.74, 6) is -0.142. The van der Waals surface area contributed by atoms with Gasteiger partial charge in [0, 0.05) is 47.2 Å². The fourth-order valence-corrected chi connectivity index (χ4v) is 5.29. The van der Waals surface area contributed by atoms with Crippen LogP contribution in [0.4, 0.5) is 21.9 Å². The summed E-state index contributed by atoms with van der Waals surface area (Å²) >= 11 is 0. The van der Waals surface area contributed by atoms with Crippen molar-refractivity contribution in [2.24, 2.45) is 5.41 Å². The Labute approximate surface area is 228 Å². The normalized spacial score (nSPS) is 14.5. The average molecular weight is 555 g/mol. The monoisotopic (exact) mass is 554 g/mol. The number of fused-ring (bicyclic) bond motifs is 1. The third kappa shape index (κ3) is 7.47. The number of morpholine rings is 1. The molecule has 1 heterocycles. The molecule has 1 aliphatic heterocycles. The summed E-state index contributed by atoms with van der Waals surface area (Å²) in [5.41, 5.74) is 0.802. The molecule has 0 aliphatic carbocycles. The zero-order valence-corrected chi connectivity index (χ0v) is 23.1. The average Bonchev–Trinajstić information content (AvgIpc) is 2.89. The Morgan fingerprint density at radius 3 is 2.23 bits per heavy atom. The maximum Gasteiger partial charge on any atom is 0.411 e. The number of anilines is 3. The predicted molar refractivity (Wildman–Crippen MR) is 152 cm³/mol. The molecule has 208 valence electrons. The Morgan fingerprint density at radius 2 is 1.54 bits per heavy atom. The van der Waals surface area contributed by atoms with Crippen molar-refractivity contribution in [3.8, 4) is 0 Å². The first-order valence-corrected chi connectivity index (χ1v) is 14.2. The quantitative estimate of drug-likeness (QED) is 0.374. The van der Waals surface area contributed by atoms with Crippen molar-refractivity contribution >= 4 is 49.9 Å². The fourth-order valence-electron chi connectivity index (χ4n) is 4.01. The second kappa shape index (κ2) is 12.0. The van der Waals surface area contributed by atoms with E-state index < -0.39 is 21.5 Å². The van der Waals surface area contributed by atoms with Gasteiger partial charge in [-0.1, -0.05) is 45.0 Å². The summed E-state index contributed by atoms with van der Waals surface area (Å²) in [5, 5.41) is 6.55. The second-order valence-electron chi connectivity index (χ2n) is 10.3. The molecular formula is C28H34N4O6S. The van der Waals surface area contributed by atoms with E-state index in [0.29, 0.717) is 47.6 Å². The lowest BCUT2D eigenvalue weighted by molar-refractivity contribution is -0.123. The molecule has 0 atom stereocenters. The van der Waals surface area contributed by atoms with Gasteiger partial charge in [-0.25, -0.2) is 13.2 Å². The number of carbonyl (C=O) groups excluding carboxylic acids is 2. The Balaban J connectivity index is 1.45. The molecule has 1 fully saturated rings. The van der Waals surface area contributed by atoms with Crippen LogP contribution in [0.5, 0.6) is 0 Å². The van der Waals surface area contributed by atoms with Crippen LogP contribution in [0.3, 0.4) is 0 Å². The summed E-state index contributed by atoms with van der Waals surface area (Å²) in [6.45, 7) is 9.23. The largest absolute Gasteiger partial charge is 0.448 e. The molecule has 0 bridgehead atoms. The molecule has 0 spiro atoms. The molecule has 11 heteroatoms. The van der Waals surface area contributed by atoms with Crippen molar-refractivity contribution < 1.29 is 27.5 Å². The zero-order chi connectivity index (χ0) is 28.0. The molecule has 4 rings (SSSR count). The molecule has 39 heavy (non-hydrogen) atoms.